The van der Waals surface area contributed by atoms with E-state index in [0.717, 1.165) is 31.5 Å². The van der Waals surface area contributed by atoms with Crippen molar-refractivity contribution in [3.8, 4) is 0 Å². The van der Waals surface area contributed by atoms with Crippen LogP contribution in [0.1, 0.15) is 26.2 Å². The van der Waals surface area contributed by atoms with Crippen molar-refractivity contribution in [2.45, 2.75) is 36.3 Å². The molecule has 1 heterocycles. The minimum Gasteiger partial charge on any atom is -0.343 e. The number of benzene rings is 1. The molecular weight excluding hydrogens is 367 g/mol. The third kappa shape index (κ3) is 5.66. The number of piperidine rings is 1. The van der Waals surface area contributed by atoms with Crippen molar-refractivity contribution in [1.29, 1.82) is 0 Å². The molecule has 1 fully saturated rings. The minimum atomic E-state index is -3.63. The van der Waals surface area contributed by atoms with Gasteiger partial charge in [0, 0.05) is 19.5 Å². The van der Waals surface area contributed by atoms with Gasteiger partial charge in [-0.2, -0.15) is 0 Å². The number of hydrogen-bond donors (Lipinski definition) is 1. The van der Waals surface area contributed by atoms with Crippen LogP contribution in [0.3, 0.4) is 0 Å². The van der Waals surface area contributed by atoms with Crippen molar-refractivity contribution in [1.82, 2.24) is 10.2 Å². The summed E-state index contributed by atoms with van der Waals surface area (Å²) in [6, 6.07) is 4.73. The Morgan fingerprint density at radius 3 is 2.36 bits per heavy atom. The Bertz CT molecular complexity index is 659. The summed E-state index contributed by atoms with van der Waals surface area (Å²) in [6.07, 6.45) is 1.83. The summed E-state index contributed by atoms with van der Waals surface area (Å²) in [5.41, 5.74) is 0. The number of amides is 1. The summed E-state index contributed by atoms with van der Waals surface area (Å²) in [4.78, 5) is 14.2. The molecule has 1 saturated heterocycles. The fraction of sp³-hybridized carbons (Fsp3) is 0.588. The van der Waals surface area contributed by atoms with Crippen LogP contribution >= 0.6 is 12.4 Å². The van der Waals surface area contributed by atoms with Crippen LogP contribution in [0.5, 0.6) is 0 Å². The zero-order chi connectivity index (χ0) is 17.7. The number of nitrogens with zero attached hydrogens (tertiary/aromatic N) is 1. The van der Waals surface area contributed by atoms with E-state index in [1.165, 1.54) is 19.1 Å². The molecule has 1 N–H and O–H groups in total. The summed E-state index contributed by atoms with van der Waals surface area (Å²) in [6.45, 7) is 3.82. The average Bonchev–Trinajstić information content (AvgIpc) is 2.56. The Hall–Kier alpha value is -1.18. The second-order valence-electron chi connectivity index (χ2n) is 6.40. The Morgan fingerprint density at radius 2 is 1.84 bits per heavy atom. The molecule has 1 amide bonds. The Kier molecular flexibility index (Phi) is 8.31. The van der Waals surface area contributed by atoms with Gasteiger partial charge in [0.05, 0.1) is 10.1 Å². The molecule has 0 bridgehead atoms. The first-order chi connectivity index (χ1) is 11.3. The molecule has 8 heteroatoms. The molecule has 0 aliphatic carbocycles. The number of halogens is 2. The van der Waals surface area contributed by atoms with Gasteiger partial charge >= 0.3 is 0 Å². The molecule has 5 nitrogen and oxygen atoms in total. The van der Waals surface area contributed by atoms with E-state index in [1.54, 1.807) is 4.90 Å². The lowest BCUT2D eigenvalue weighted by Crippen LogP contribution is -2.41. The molecule has 1 aromatic carbocycles. The Morgan fingerprint density at radius 1 is 1.28 bits per heavy atom. The van der Waals surface area contributed by atoms with Crippen molar-refractivity contribution in [3.05, 3.63) is 30.1 Å². The number of hydrogen-bond acceptors (Lipinski definition) is 4. The molecule has 0 aromatic heterocycles. The molecule has 1 aliphatic rings. The molecular formula is C17H26ClFN2O3S. The van der Waals surface area contributed by atoms with Gasteiger partial charge in [0.1, 0.15) is 5.82 Å². The topological polar surface area (TPSA) is 66.5 Å². The first-order valence-electron chi connectivity index (χ1n) is 8.26. The van der Waals surface area contributed by atoms with Gasteiger partial charge in [-0.05, 0) is 63.5 Å². The lowest BCUT2D eigenvalue weighted by atomic mass is 9.96. The molecule has 142 valence electrons. The highest BCUT2D eigenvalue weighted by Crippen LogP contribution is 2.21. The van der Waals surface area contributed by atoms with Crippen LogP contribution in [-0.2, 0) is 14.6 Å². The maximum Gasteiger partial charge on any atom is 0.223 e. The summed E-state index contributed by atoms with van der Waals surface area (Å²) in [7, 11) is -1.72. The van der Waals surface area contributed by atoms with Crippen LogP contribution in [0.15, 0.2) is 29.2 Å². The van der Waals surface area contributed by atoms with Gasteiger partial charge in [0.25, 0.3) is 0 Å². The van der Waals surface area contributed by atoms with Gasteiger partial charge in [0.2, 0.25) is 5.91 Å². The summed E-state index contributed by atoms with van der Waals surface area (Å²) in [5.74, 6) is -0.0439. The van der Waals surface area contributed by atoms with Crippen LogP contribution in [0.4, 0.5) is 4.39 Å². The maximum absolute atomic E-state index is 13.0. The predicted molar refractivity (Wildman–Crippen MR) is 98.1 cm³/mol. The van der Waals surface area contributed by atoms with Crippen molar-refractivity contribution >= 4 is 28.2 Å². The number of carbonyl (C=O) groups excluding carboxylic acids is 1. The zero-order valence-electron chi connectivity index (χ0n) is 14.6. The minimum absolute atomic E-state index is 0. The molecule has 1 unspecified atom stereocenters. The van der Waals surface area contributed by atoms with Gasteiger partial charge < -0.3 is 10.2 Å². The van der Waals surface area contributed by atoms with E-state index in [0.29, 0.717) is 19.0 Å². The summed E-state index contributed by atoms with van der Waals surface area (Å²) < 4.78 is 38.0. The number of sulfone groups is 1. The number of likely N-dealkylation sites (tertiary alicyclic amines) is 1. The van der Waals surface area contributed by atoms with Crippen molar-refractivity contribution in [2.75, 3.05) is 26.7 Å². The van der Waals surface area contributed by atoms with Gasteiger partial charge in [0.15, 0.2) is 9.84 Å². The molecule has 1 atom stereocenters. The first-order valence-corrected chi connectivity index (χ1v) is 9.81. The van der Waals surface area contributed by atoms with Crippen LogP contribution in [0.25, 0.3) is 0 Å². The SMILES string of the molecule is CNCC1CCN(C(=O)CC(C)S(=O)(=O)c2ccc(F)cc2)CC1.Cl. The summed E-state index contributed by atoms with van der Waals surface area (Å²) >= 11 is 0. The number of rotatable bonds is 6. The van der Waals surface area contributed by atoms with Crippen LogP contribution in [-0.4, -0.2) is 51.2 Å². The fourth-order valence-corrected chi connectivity index (χ4v) is 4.36. The number of carbonyl (C=O) groups is 1. The van der Waals surface area contributed by atoms with Crippen molar-refractivity contribution < 1.29 is 17.6 Å². The molecule has 25 heavy (non-hydrogen) atoms. The van der Waals surface area contributed by atoms with Gasteiger partial charge in [-0.25, -0.2) is 12.8 Å². The van der Waals surface area contributed by atoms with E-state index in [4.69, 9.17) is 0 Å². The Balaban J connectivity index is 0.00000312. The van der Waals surface area contributed by atoms with Crippen molar-refractivity contribution in [3.63, 3.8) is 0 Å². The third-order valence-corrected chi connectivity index (χ3v) is 6.75. The van der Waals surface area contributed by atoms with Crippen LogP contribution in [0, 0.1) is 11.7 Å². The van der Waals surface area contributed by atoms with E-state index >= 15 is 0 Å². The molecule has 1 aliphatic heterocycles. The number of nitrogens with one attached hydrogen (secondary N) is 1. The maximum atomic E-state index is 13.0. The van der Waals surface area contributed by atoms with Gasteiger partial charge in [-0.15, -0.1) is 12.4 Å². The van der Waals surface area contributed by atoms with E-state index in [1.807, 2.05) is 7.05 Å². The second-order valence-corrected chi connectivity index (χ2v) is 8.76. The molecule has 0 saturated carbocycles. The molecule has 0 spiro atoms. The fourth-order valence-electron chi connectivity index (χ4n) is 3.02. The first kappa shape index (κ1) is 21.9. The third-order valence-electron chi connectivity index (χ3n) is 4.59. The lowest BCUT2D eigenvalue weighted by molar-refractivity contribution is -0.132. The zero-order valence-corrected chi connectivity index (χ0v) is 16.2. The largest absolute Gasteiger partial charge is 0.343 e. The van der Waals surface area contributed by atoms with Crippen molar-refractivity contribution in [2.24, 2.45) is 5.92 Å². The average molecular weight is 393 g/mol. The van der Waals surface area contributed by atoms with E-state index in [-0.39, 0.29) is 29.6 Å². The van der Waals surface area contributed by atoms with Gasteiger partial charge in [-0.3, -0.25) is 4.79 Å². The highest BCUT2D eigenvalue weighted by atomic mass is 35.5. The smallest absolute Gasteiger partial charge is 0.223 e. The quantitative estimate of drug-likeness (QED) is 0.754. The lowest BCUT2D eigenvalue weighted by Gasteiger charge is -2.32. The Labute approximate surface area is 155 Å². The van der Waals surface area contributed by atoms with E-state index < -0.39 is 20.9 Å². The predicted octanol–water partition coefficient (Wildman–Crippen LogP) is 2.26. The summed E-state index contributed by atoms with van der Waals surface area (Å²) in [5, 5.41) is 2.32. The molecule has 2 rings (SSSR count). The van der Waals surface area contributed by atoms with Crippen LogP contribution in [0.2, 0.25) is 0 Å². The standard InChI is InChI=1S/C17H25FN2O3S.ClH/c1-13(24(22,23)16-5-3-15(18)4-6-16)11-17(21)20-9-7-14(8-10-20)12-19-2;/h3-6,13-14,19H,7-12H2,1-2H3;1H. The molecule has 0 radical (unpaired) electrons. The second kappa shape index (κ2) is 9.50. The normalized spacial score (nSPS) is 17.0. The van der Waals surface area contributed by atoms with Gasteiger partial charge in [-0.1, -0.05) is 0 Å². The van der Waals surface area contributed by atoms with E-state index in [9.17, 15) is 17.6 Å². The van der Waals surface area contributed by atoms with Crippen LogP contribution < -0.4 is 5.32 Å². The highest BCUT2D eigenvalue weighted by molar-refractivity contribution is 7.92. The molecule has 1 aromatic rings. The van der Waals surface area contributed by atoms with E-state index in [2.05, 4.69) is 5.32 Å². The highest BCUT2D eigenvalue weighted by Gasteiger charge is 2.29. The monoisotopic (exact) mass is 392 g/mol.